The molecule has 0 amide bonds. The zero-order valence-electron chi connectivity index (χ0n) is 11.4. The van der Waals surface area contributed by atoms with Crippen molar-refractivity contribution in [3.05, 3.63) is 33.4 Å². The number of hydrogen-bond acceptors (Lipinski definition) is 7. The van der Waals surface area contributed by atoms with E-state index in [1.165, 1.54) is 14.0 Å². The molecular formula is C11H14N2O7S. The predicted octanol–water partition coefficient (Wildman–Crippen LogP) is 0.354. The number of methoxy groups -OCH3 is 1. The minimum atomic E-state index is -4.21. The van der Waals surface area contributed by atoms with Crippen LogP contribution >= 0.6 is 0 Å². The van der Waals surface area contributed by atoms with Crippen molar-refractivity contribution in [3.63, 3.8) is 0 Å². The SMILES string of the molecule is COCCOC(=O)c1cc([N+](=O)[O-])c(C)c(S(N)(=O)=O)c1. The molecule has 0 saturated heterocycles. The second-order valence-corrected chi connectivity index (χ2v) is 5.58. The van der Waals surface area contributed by atoms with Gasteiger partial charge in [0.25, 0.3) is 5.69 Å². The quantitative estimate of drug-likeness (QED) is 0.345. The average molecular weight is 318 g/mol. The Balaban J connectivity index is 3.31. The summed E-state index contributed by atoms with van der Waals surface area (Å²) >= 11 is 0. The summed E-state index contributed by atoms with van der Waals surface area (Å²) in [7, 11) is -2.80. The molecule has 0 aliphatic carbocycles. The highest BCUT2D eigenvalue weighted by Gasteiger charge is 2.24. The largest absolute Gasteiger partial charge is 0.460 e. The standard InChI is InChI=1S/C11H14N2O7S/c1-7-9(13(15)16)5-8(6-10(7)21(12,17)18)11(14)20-4-3-19-2/h5-6H,3-4H2,1-2H3,(H2,12,17,18). The highest BCUT2D eigenvalue weighted by Crippen LogP contribution is 2.26. The average Bonchev–Trinajstić information content (AvgIpc) is 2.37. The van der Waals surface area contributed by atoms with Gasteiger partial charge in [-0.3, -0.25) is 10.1 Å². The van der Waals surface area contributed by atoms with E-state index >= 15 is 0 Å². The Bertz CT molecular complexity index is 669. The number of primary sulfonamides is 1. The normalized spacial score (nSPS) is 11.2. The maximum Gasteiger partial charge on any atom is 0.338 e. The maximum atomic E-state index is 11.7. The minimum Gasteiger partial charge on any atom is -0.460 e. The van der Waals surface area contributed by atoms with Crippen LogP contribution in [-0.2, 0) is 19.5 Å². The lowest BCUT2D eigenvalue weighted by molar-refractivity contribution is -0.385. The van der Waals surface area contributed by atoms with Crippen LogP contribution in [0.3, 0.4) is 0 Å². The van der Waals surface area contributed by atoms with Gasteiger partial charge in [0, 0.05) is 18.7 Å². The molecule has 10 heteroatoms. The predicted molar refractivity (Wildman–Crippen MR) is 71.4 cm³/mol. The van der Waals surface area contributed by atoms with Crippen LogP contribution in [-0.4, -0.2) is 39.6 Å². The molecule has 1 aromatic rings. The molecule has 0 aliphatic heterocycles. The molecule has 0 bridgehead atoms. The number of benzene rings is 1. The third kappa shape index (κ3) is 4.21. The lowest BCUT2D eigenvalue weighted by atomic mass is 10.1. The fraction of sp³-hybridized carbons (Fsp3) is 0.364. The first-order valence-corrected chi connectivity index (χ1v) is 7.21. The fourth-order valence-electron chi connectivity index (χ4n) is 1.58. The van der Waals surface area contributed by atoms with Gasteiger partial charge in [-0.15, -0.1) is 0 Å². The minimum absolute atomic E-state index is 0.0677. The molecule has 9 nitrogen and oxygen atoms in total. The summed E-state index contributed by atoms with van der Waals surface area (Å²) in [6.45, 7) is 1.31. The molecule has 0 spiro atoms. The Morgan fingerprint density at radius 2 is 2.00 bits per heavy atom. The van der Waals surface area contributed by atoms with E-state index in [-0.39, 0.29) is 24.3 Å². The first-order valence-electron chi connectivity index (χ1n) is 5.66. The van der Waals surface area contributed by atoms with Crippen LogP contribution < -0.4 is 5.14 Å². The van der Waals surface area contributed by atoms with E-state index in [4.69, 9.17) is 9.88 Å². The molecule has 0 fully saturated rings. The summed E-state index contributed by atoms with van der Waals surface area (Å²) in [6.07, 6.45) is 0. The third-order valence-corrected chi connectivity index (χ3v) is 3.63. The van der Waals surface area contributed by atoms with Gasteiger partial charge in [0.1, 0.15) is 6.61 Å². The van der Waals surface area contributed by atoms with Gasteiger partial charge in [-0.1, -0.05) is 0 Å². The molecule has 1 aromatic carbocycles. The van der Waals surface area contributed by atoms with Gasteiger partial charge >= 0.3 is 5.97 Å². The molecule has 1 rings (SSSR count). The van der Waals surface area contributed by atoms with Crippen molar-refractivity contribution < 1.29 is 27.6 Å². The lowest BCUT2D eigenvalue weighted by Gasteiger charge is -2.08. The molecular weight excluding hydrogens is 304 g/mol. The van der Waals surface area contributed by atoms with Crippen molar-refractivity contribution >= 4 is 21.7 Å². The topological polar surface area (TPSA) is 139 Å². The number of nitrogens with two attached hydrogens (primary N) is 1. The molecule has 0 atom stereocenters. The number of esters is 1. The smallest absolute Gasteiger partial charge is 0.338 e. The highest BCUT2D eigenvalue weighted by molar-refractivity contribution is 7.89. The zero-order chi connectivity index (χ0) is 16.2. The molecule has 116 valence electrons. The highest BCUT2D eigenvalue weighted by atomic mass is 32.2. The first kappa shape index (κ1) is 17.0. The zero-order valence-corrected chi connectivity index (χ0v) is 12.2. The Labute approximate surface area is 120 Å². The van der Waals surface area contributed by atoms with E-state index in [0.717, 1.165) is 12.1 Å². The van der Waals surface area contributed by atoms with Crippen LogP contribution in [0.4, 0.5) is 5.69 Å². The summed E-state index contributed by atoms with van der Waals surface area (Å²) in [5.41, 5.74) is -0.941. The molecule has 0 radical (unpaired) electrons. The third-order valence-electron chi connectivity index (χ3n) is 2.59. The van der Waals surface area contributed by atoms with Crippen molar-refractivity contribution in [1.29, 1.82) is 0 Å². The Kier molecular flexibility index (Phi) is 5.35. The van der Waals surface area contributed by atoms with Crippen LogP contribution in [0, 0.1) is 17.0 Å². The summed E-state index contributed by atoms with van der Waals surface area (Å²) in [4.78, 5) is 21.4. The second-order valence-electron chi connectivity index (χ2n) is 4.05. The molecule has 0 heterocycles. The number of carbonyl (C=O) groups excluding carboxylic acids is 1. The van der Waals surface area contributed by atoms with Gasteiger partial charge in [0.15, 0.2) is 0 Å². The second kappa shape index (κ2) is 6.61. The van der Waals surface area contributed by atoms with Gasteiger partial charge in [0.05, 0.1) is 22.0 Å². The number of nitro groups is 1. The van der Waals surface area contributed by atoms with Gasteiger partial charge in [-0.2, -0.15) is 0 Å². The number of carbonyl (C=O) groups is 1. The summed E-state index contributed by atoms with van der Waals surface area (Å²) in [5, 5.41) is 15.9. The number of rotatable bonds is 6. The van der Waals surface area contributed by atoms with Crippen LogP contribution in [0.25, 0.3) is 0 Å². The van der Waals surface area contributed by atoms with Crippen LogP contribution in [0.1, 0.15) is 15.9 Å². The molecule has 0 aromatic heterocycles. The van der Waals surface area contributed by atoms with Gasteiger partial charge < -0.3 is 9.47 Å². The fourth-order valence-corrected chi connectivity index (χ4v) is 2.40. The van der Waals surface area contributed by atoms with E-state index in [1.807, 2.05) is 0 Å². The lowest BCUT2D eigenvalue weighted by Crippen LogP contribution is -2.17. The van der Waals surface area contributed by atoms with Crippen molar-refractivity contribution in [3.8, 4) is 0 Å². The van der Waals surface area contributed by atoms with Crippen molar-refractivity contribution in [1.82, 2.24) is 0 Å². The van der Waals surface area contributed by atoms with Gasteiger partial charge in [0.2, 0.25) is 10.0 Å². The maximum absolute atomic E-state index is 11.7. The molecule has 2 N–H and O–H groups in total. The number of nitro benzene ring substituents is 1. The number of sulfonamides is 1. The van der Waals surface area contributed by atoms with E-state index in [0.29, 0.717) is 0 Å². The molecule has 0 saturated carbocycles. The Morgan fingerprint density at radius 3 is 2.48 bits per heavy atom. The van der Waals surface area contributed by atoms with E-state index < -0.39 is 31.5 Å². The number of ether oxygens (including phenoxy) is 2. The van der Waals surface area contributed by atoms with Gasteiger partial charge in [-0.25, -0.2) is 18.4 Å². The summed E-state index contributed by atoms with van der Waals surface area (Å²) in [6, 6.07) is 1.89. The van der Waals surface area contributed by atoms with Crippen molar-refractivity contribution in [2.24, 2.45) is 5.14 Å². The number of hydrogen-bond donors (Lipinski definition) is 1. The van der Waals surface area contributed by atoms with Crippen LogP contribution in [0.2, 0.25) is 0 Å². The first-order chi connectivity index (χ1) is 9.68. The molecule has 0 aliphatic rings. The monoisotopic (exact) mass is 318 g/mol. The van der Waals surface area contributed by atoms with Crippen LogP contribution in [0.15, 0.2) is 17.0 Å². The summed E-state index contributed by atoms with van der Waals surface area (Å²) < 4.78 is 32.4. The van der Waals surface area contributed by atoms with Gasteiger partial charge in [-0.05, 0) is 13.0 Å². The molecule has 21 heavy (non-hydrogen) atoms. The van der Waals surface area contributed by atoms with Crippen molar-refractivity contribution in [2.75, 3.05) is 20.3 Å². The Hall–Kier alpha value is -2.04. The van der Waals surface area contributed by atoms with Crippen molar-refractivity contribution in [2.45, 2.75) is 11.8 Å². The van der Waals surface area contributed by atoms with E-state index in [1.54, 1.807) is 0 Å². The van der Waals surface area contributed by atoms with Crippen LogP contribution in [0.5, 0.6) is 0 Å². The van der Waals surface area contributed by atoms with E-state index in [2.05, 4.69) is 4.74 Å². The summed E-state index contributed by atoms with van der Waals surface area (Å²) in [5.74, 6) is -0.903. The number of nitrogens with zero attached hydrogens (tertiary/aromatic N) is 1. The Morgan fingerprint density at radius 1 is 1.38 bits per heavy atom. The molecule has 0 unspecified atom stereocenters. The van der Waals surface area contributed by atoms with E-state index in [9.17, 15) is 23.3 Å².